The maximum atomic E-state index is 11.9. The molecule has 3 rings (SSSR count). The third-order valence-electron chi connectivity index (χ3n) is 4.51. The quantitative estimate of drug-likeness (QED) is 0.409. The van der Waals surface area contributed by atoms with E-state index in [1.165, 1.54) is 13.2 Å². The zero-order chi connectivity index (χ0) is 18.1. The van der Waals surface area contributed by atoms with Crippen molar-refractivity contribution in [2.45, 2.75) is 20.4 Å². The summed E-state index contributed by atoms with van der Waals surface area (Å²) in [4.78, 5) is 23.1. The van der Waals surface area contributed by atoms with Crippen molar-refractivity contribution in [2.24, 2.45) is 0 Å². The van der Waals surface area contributed by atoms with Gasteiger partial charge in [0.05, 0.1) is 17.6 Å². The Morgan fingerprint density at radius 1 is 1.20 bits per heavy atom. The average Bonchev–Trinajstić information content (AvgIpc) is 2.86. The number of hydrogen-bond acceptors (Lipinski definition) is 4. The van der Waals surface area contributed by atoms with E-state index in [4.69, 9.17) is 4.74 Å². The summed E-state index contributed by atoms with van der Waals surface area (Å²) in [5, 5.41) is 12.3. The van der Waals surface area contributed by atoms with Crippen LogP contribution in [0.4, 0.5) is 5.69 Å². The summed E-state index contributed by atoms with van der Waals surface area (Å²) in [5.74, 6) is -0.585. The van der Waals surface area contributed by atoms with E-state index < -0.39 is 10.9 Å². The van der Waals surface area contributed by atoms with Gasteiger partial charge in [0.1, 0.15) is 5.52 Å². The lowest BCUT2D eigenvalue weighted by atomic mass is 10.1. The Kier molecular flexibility index (Phi) is 4.27. The van der Waals surface area contributed by atoms with Crippen molar-refractivity contribution in [1.29, 1.82) is 0 Å². The molecule has 0 bridgehead atoms. The fraction of sp³-hybridized carbons (Fsp3) is 0.211. The average molecular weight is 338 g/mol. The van der Waals surface area contributed by atoms with Gasteiger partial charge in [-0.1, -0.05) is 30.3 Å². The third-order valence-corrected chi connectivity index (χ3v) is 4.51. The zero-order valence-electron chi connectivity index (χ0n) is 14.3. The lowest BCUT2D eigenvalue weighted by Crippen LogP contribution is -2.06. The predicted molar refractivity (Wildman–Crippen MR) is 94.9 cm³/mol. The van der Waals surface area contributed by atoms with Gasteiger partial charge < -0.3 is 9.30 Å². The molecule has 0 spiro atoms. The van der Waals surface area contributed by atoms with Crippen molar-refractivity contribution in [3.8, 4) is 0 Å². The molecule has 6 heteroatoms. The van der Waals surface area contributed by atoms with Gasteiger partial charge in [0.25, 0.3) is 5.69 Å². The van der Waals surface area contributed by atoms with E-state index in [1.54, 1.807) is 6.07 Å². The van der Waals surface area contributed by atoms with Crippen LogP contribution in [0.3, 0.4) is 0 Å². The number of nitro groups is 1. The van der Waals surface area contributed by atoms with Crippen molar-refractivity contribution < 1.29 is 14.5 Å². The first-order valence-corrected chi connectivity index (χ1v) is 7.84. The molecule has 1 heterocycles. The highest BCUT2D eigenvalue weighted by atomic mass is 16.6. The van der Waals surface area contributed by atoms with Gasteiger partial charge in [-0.15, -0.1) is 0 Å². The van der Waals surface area contributed by atoms with E-state index in [-0.39, 0.29) is 11.3 Å². The predicted octanol–water partition coefficient (Wildman–Crippen LogP) is 4.00. The molecule has 3 aromatic rings. The Morgan fingerprint density at radius 3 is 2.48 bits per heavy atom. The standard InChI is InChI=1S/C19H18N2O4/c1-12-13(2)20(11-14-7-5-4-6-8-14)18-16(12)9-15(19(22)25-3)10-17(18)21(23)24/h4-10H,11H2,1-3H3. The van der Waals surface area contributed by atoms with Gasteiger partial charge >= 0.3 is 5.97 Å². The number of aromatic nitrogens is 1. The molecule has 0 radical (unpaired) electrons. The molecule has 0 fully saturated rings. The second-order valence-corrected chi connectivity index (χ2v) is 5.92. The summed E-state index contributed by atoms with van der Waals surface area (Å²) < 4.78 is 6.65. The number of hydrogen-bond donors (Lipinski definition) is 0. The van der Waals surface area contributed by atoms with Gasteiger partial charge in [0.15, 0.2) is 0 Å². The number of nitro benzene ring substituents is 1. The first kappa shape index (κ1) is 16.7. The number of aryl methyl sites for hydroxylation is 1. The van der Waals surface area contributed by atoms with E-state index in [9.17, 15) is 14.9 Å². The van der Waals surface area contributed by atoms with Crippen LogP contribution in [0.2, 0.25) is 0 Å². The molecular weight excluding hydrogens is 320 g/mol. The Labute approximate surface area is 144 Å². The molecular formula is C19H18N2O4. The summed E-state index contributed by atoms with van der Waals surface area (Å²) in [5.41, 5.74) is 3.51. The molecule has 0 aliphatic carbocycles. The number of nitrogens with zero attached hydrogens (tertiary/aromatic N) is 2. The molecule has 0 N–H and O–H groups in total. The number of fused-ring (bicyclic) bond motifs is 1. The highest BCUT2D eigenvalue weighted by Crippen LogP contribution is 2.34. The van der Waals surface area contributed by atoms with Crippen LogP contribution in [0.1, 0.15) is 27.2 Å². The minimum atomic E-state index is -0.585. The molecule has 0 atom stereocenters. The molecule has 0 unspecified atom stereocenters. The number of carbonyl (C=O) groups is 1. The minimum Gasteiger partial charge on any atom is -0.465 e. The molecule has 25 heavy (non-hydrogen) atoms. The molecule has 2 aromatic carbocycles. The number of non-ortho nitro benzene ring substituents is 1. The number of rotatable bonds is 4. The molecule has 128 valence electrons. The lowest BCUT2D eigenvalue weighted by Gasteiger charge is -2.09. The van der Waals surface area contributed by atoms with Crippen LogP contribution in [0.5, 0.6) is 0 Å². The van der Waals surface area contributed by atoms with E-state index in [0.717, 1.165) is 16.8 Å². The number of benzene rings is 2. The van der Waals surface area contributed by atoms with Gasteiger partial charge in [-0.25, -0.2) is 4.79 Å². The normalized spacial score (nSPS) is 10.8. The van der Waals surface area contributed by atoms with E-state index in [2.05, 4.69) is 0 Å². The largest absolute Gasteiger partial charge is 0.465 e. The van der Waals surface area contributed by atoms with Crippen molar-refractivity contribution in [1.82, 2.24) is 4.57 Å². The fourth-order valence-electron chi connectivity index (χ4n) is 3.09. The second-order valence-electron chi connectivity index (χ2n) is 5.92. The Hall–Kier alpha value is -3.15. The number of methoxy groups -OCH3 is 1. The second kappa shape index (κ2) is 6.39. The minimum absolute atomic E-state index is 0.0926. The number of ether oxygens (including phenoxy) is 1. The van der Waals surface area contributed by atoms with E-state index >= 15 is 0 Å². The summed E-state index contributed by atoms with van der Waals surface area (Å²) in [6.45, 7) is 4.36. The SMILES string of the molecule is COC(=O)c1cc([N+](=O)[O-])c2c(c1)c(C)c(C)n2Cc1ccccc1. The van der Waals surface area contributed by atoms with Crippen molar-refractivity contribution in [3.05, 3.63) is 75.0 Å². The molecule has 0 aliphatic heterocycles. The van der Waals surface area contributed by atoms with Crippen molar-refractivity contribution in [3.63, 3.8) is 0 Å². The summed E-state index contributed by atoms with van der Waals surface area (Å²) in [6.07, 6.45) is 0. The molecule has 0 saturated carbocycles. The van der Waals surface area contributed by atoms with Crippen LogP contribution in [-0.4, -0.2) is 22.6 Å². The lowest BCUT2D eigenvalue weighted by molar-refractivity contribution is -0.383. The number of carbonyl (C=O) groups excluding carboxylic acids is 1. The first-order chi connectivity index (χ1) is 11.9. The molecule has 0 amide bonds. The maximum absolute atomic E-state index is 11.9. The Morgan fingerprint density at radius 2 is 1.88 bits per heavy atom. The molecule has 0 saturated heterocycles. The highest BCUT2D eigenvalue weighted by molar-refractivity contribution is 6.00. The topological polar surface area (TPSA) is 74.4 Å². The maximum Gasteiger partial charge on any atom is 0.338 e. The zero-order valence-corrected chi connectivity index (χ0v) is 14.3. The summed E-state index contributed by atoms with van der Waals surface area (Å²) >= 11 is 0. The van der Waals surface area contributed by atoms with Gasteiger partial charge in [-0.2, -0.15) is 0 Å². The Bertz CT molecular complexity index is 974. The van der Waals surface area contributed by atoms with E-state index in [0.29, 0.717) is 17.4 Å². The summed E-state index contributed by atoms with van der Waals surface area (Å²) in [6, 6.07) is 12.7. The van der Waals surface area contributed by atoms with Crippen LogP contribution < -0.4 is 0 Å². The monoisotopic (exact) mass is 338 g/mol. The van der Waals surface area contributed by atoms with Gasteiger partial charge in [-0.05, 0) is 31.0 Å². The molecule has 1 aromatic heterocycles. The van der Waals surface area contributed by atoms with Gasteiger partial charge in [0.2, 0.25) is 0 Å². The highest BCUT2D eigenvalue weighted by Gasteiger charge is 2.24. The first-order valence-electron chi connectivity index (χ1n) is 7.84. The number of esters is 1. The molecule has 6 nitrogen and oxygen atoms in total. The van der Waals surface area contributed by atoms with Crippen molar-refractivity contribution >= 4 is 22.6 Å². The third kappa shape index (κ3) is 2.87. The van der Waals surface area contributed by atoms with Crippen LogP contribution in [-0.2, 0) is 11.3 Å². The van der Waals surface area contributed by atoms with Crippen LogP contribution in [0.15, 0.2) is 42.5 Å². The van der Waals surface area contributed by atoms with Crippen LogP contribution in [0, 0.1) is 24.0 Å². The smallest absolute Gasteiger partial charge is 0.338 e. The van der Waals surface area contributed by atoms with Gasteiger partial charge in [-0.3, -0.25) is 10.1 Å². The van der Waals surface area contributed by atoms with Gasteiger partial charge in [0, 0.05) is 23.7 Å². The molecule has 0 aliphatic rings. The summed E-state index contributed by atoms with van der Waals surface area (Å²) in [7, 11) is 1.26. The van der Waals surface area contributed by atoms with E-state index in [1.807, 2.05) is 48.7 Å². The van der Waals surface area contributed by atoms with Crippen LogP contribution in [0.25, 0.3) is 10.9 Å². The Balaban J connectivity index is 2.29. The van der Waals surface area contributed by atoms with Crippen LogP contribution >= 0.6 is 0 Å². The van der Waals surface area contributed by atoms with Crippen molar-refractivity contribution in [2.75, 3.05) is 7.11 Å². The fourth-order valence-corrected chi connectivity index (χ4v) is 3.09.